The smallest absolute Gasteiger partial charge is 0.323 e. The van der Waals surface area contributed by atoms with Gasteiger partial charge in [0.05, 0.1) is 0 Å². The fourth-order valence-electron chi connectivity index (χ4n) is 3.30. The van der Waals surface area contributed by atoms with Crippen molar-refractivity contribution < 1.29 is 19.5 Å². The maximum absolute atomic E-state index is 12.5. The molecular weight excluding hydrogens is 332 g/mol. The van der Waals surface area contributed by atoms with Crippen LogP contribution in [0.5, 0.6) is 0 Å². The van der Waals surface area contributed by atoms with E-state index in [1.54, 1.807) is 11.0 Å². The highest BCUT2D eigenvalue weighted by molar-refractivity contribution is 5.91. The van der Waals surface area contributed by atoms with E-state index in [1.165, 1.54) is 11.8 Å². The minimum absolute atomic E-state index is 0.0558. The van der Waals surface area contributed by atoms with Gasteiger partial charge in [-0.2, -0.15) is 0 Å². The van der Waals surface area contributed by atoms with Crippen molar-refractivity contribution in [1.29, 1.82) is 0 Å². The van der Waals surface area contributed by atoms with Crippen LogP contribution in [0.25, 0.3) is 6.08 Å². The lowest BCUT2D eigenvalue weighted by Crippen LogP contribution is -2.43. The number of aliphatic carboxylic acids is 1. The summed E-state index contributed by atoms with van der Waals surface area (Å²) < 4.78 is 0. The number of hydrogen-bond donors (Lipinski definition) is 1. The van der Waals surface area contributed by atoms with Crippen LogP contribution < -0.4 is 0 Å². The fraction of sp³-hybridized carbons (Fsp3) is 0.450. The third kappa shape index (κ3) is 5.72. The monoisotopic (exact) mass is 358 g/mol. The van der Waals surface area contributed by atoms with Crippen LogP contribution in [-0.2, 0) is 14.4 Å². The summed E-state index contributed by atoms with van der Waals surface area (Å²) in [7, 11) is 0. The molecule has 6 heteroatoms. The zero-order valence-corrected chi connectivity index (χ0v) is 15.4. The Hall–Kier alpha value is -2.63. The number of amides is 2. The minimum atomic E-state index is -1.02. The molecular formula is C20H26N2O4. The van der Waals surface area contributed by atoms with Gasteiger partial charge in [0.15, 0.2) is 0 Å². The quantitative estimate of drug-likeness (QED) is 0.820. The molecule has 1 aliphatic heterocycles. The molecule has 1 saturated heterocycles. The summed E-state index contributed by atoms with van der Waals surface area (Å²) in [5.74, 6) is -1.31. The average Bonchev–Trinajstić information content (AvgIpc) is 2.83. The van der Waals surface area contributed by atoms with E-state index in [4.69, 9.17) is 5.11 Å². The molecule has 2 amide bonds. The molecule has 0 saturated carbocycles. The molecule has 2 rings (SSSR count). The Morgan fingerprint density at radius 3 is 2.69 bits per heavy atom. The van der Waals surface area contributed by atoms with Gasteiger partial charge in [0.2, 0.25) is 11.8 Å². The Bertz CT molecular complexity index is 699. The first-order valence-corrected chi connectivity index (χ1v) is 8.89. The lowest BCUT2D eigenvalue weighted by molar-refractivity contribution is -0.145. The highest BCUT2D eigenvalue weighted by Crippen LogP contribution is 2.18. The first kappa shape index (κ1) is 19.7. The Morgan fingerprint density at radius 1 is 1.27 bits per heavy atom. The van der Waals surface area contributed by atoms with Crippen molar-refractivity contribution in [3.63, 3.8) is 0 Å². The molecule has 1 fully saturated rings. The number of aryl methyl sites for hydroxylation is 1. The predicted octanol–water partition coefficient (Wildman–Crippen LogP) is 2.32. The van der Waals surface area contributed by atoms with E-state index in [0.717, 1.165) is 17.5 Å². The van der Waals surface area contributed by atoms with Gasteiger partial charge in [0.25, 0.3) is 0 Å². The van der Waals surface area contributed by atoms with Crippen LogP contribution in [0, 0.1) is 6.92 Å². The standard InChI is InChI=1S/C20H26N2O4/c1-15-5-3-6-17(13-15)8-9-19(24)21-11-4-7-18(10-12-21)22(16(2)23)14-20(25)26/h3,5-6,8-9,13,18H,4,7,10-12,14H2,1-2H3,(H,25,26)/b9-8+. The zero-order valence-electron chi connectivity index (χ0n) is 15.4. The van der Waals surface area contributed by atoms with Crippen molar-refractivity contribution in [3.8, 4) is 0 Å². The Balaban J connectivity index is 1.97. The summed E-state index contributed by atoms with van der Waals surface area (Å²) >= 11 is 0. The molecule has 1 aromatic carbocycles. The Morgan fingerprint density at radius 2 is 2.04 bits per heavy atom. The topological polar surface area (TPSA) is 77.9 Å². The first-order chi connectivity index (χ1) is 12.4. The summed E-state index contributed by atoms with van der Waals surface area (Å²) in [6, 6.07) is 7.79. The van der Waals surface area contributed by atoms with E-state index < -0.39 is 5.97 Å². The highest BCUT2D eigenvalue weighted by atomic mass is 16.4. The van der Waals surface area contributed by atoms with Gasteiger partial charge in [-0.05, 0) is 37.8 Å². The molecule has 140 valence electrons. The van der Waals surface area contributed by atoms with Crippen LogP contribution in [0.1, 0.15) is 37.3 Å². The van der Waals surface area contributed by atoms with Gasteiger partial charge < -0.3 is 14.9 Å². The van der Waals surface area contributed by atoms with Gasteiger partial charge in [-0.15, -0.1) is 0 Å². The van der Waals surface area contributed by atoms with Crippen LogP contribution in [0.3, 0.4) is 0 Å². The second-order valence-corrected chi connectivity index (χ2v) is 6.70. The number of carbonyl (C=O) groups is 3. The first-order valence-electron chi connectivity index (χ1n) is 8.89. The van der Waals surface area contributed by atoms with Crippen molar-refractivity contribution in [3.05, 3.63) is 41.5 Å². The molecule has 1 unspecified atom stereocenters. The molecule has 0 bridgehead atoms. The normalized spacial score (nSPS) is 17.8. The fourth-order valence-corrected chi connectivity index (χ4v) is 3.30. The van der Waals surface area contributed by atoms with E-state index >= 15 is 0 Å². The number of nitrogens with zero attached hydrogens (tertiary/aromatic N) is 2. The SMILES string of the molecule is CC(=O)N(CC(=O)O)C1CCCN(C(=O)/C=C/c2cccc(C)c2)CC1. The number of hydrogen-bond acceptors (Lipinski definition) is 3. The predicted molar refractivity (Wildman–Crippen MR) is 99.5 cm³/mol. The molecule has 0 radical (unpaired) electrons. The number of carbonyl (C=O) groups excluding carboxylic acids is 2. The molecule has 1 heterocycles. The molecule has 1 aliphatic rings. The third-order valence-electron chi connectivity index (χ3n) is 4.62. The third-order valence-corrected chi connectivity index (χ3v) is 4.62. The van der Waals surface area contributed by atoms with Gasteiger partial charge in [-0.1, -0.05) is 29.8 Å². The van der Waals surface area contributed by atoms with E-state index in [0.29, 0.717) is 25.9 Å². The summed E-state index contributed by atoms with van der Waals surface area (Å²) in [6.07, 6.45) is 5.44. The number of likely N-dealkylation sites (tertiary alicyclic amines) is 1. The molecule has 0 spiro atoms. The second-order valence-electron chi connectivity index (χ2n) is 6.70. The van der Waals surface area contributed by atoms with Crippen molar-refractivity contribution >= 4 is 23.9 Å². The van der Waals surface area contributed by atoms with Crippen LogP contribution >= 0.6 is 0 Å². The number of carboxylic acid groups (broad SMARTS) is 1. The van der Waals surface area contributed by atoms with Gasteiger partial charge in [0, 0.05) is 32.1 Å². The maximum Gasteiger partial charge on any atom is 0.323 e. The van der Waals surface area contributed by atoms with Gasteiger partial charge in [-0.3, -0.25) is 14.4 Å². The molecule has 1 atom stereocenters. The highest BCUT2D eigenvalue weighted by Gasteiger charge is 2.26. The van der Waals surface area contributed by atoms with Crippen molar-refractivity contribution in [2.45, 2.75) is 39.2 Å². The summed E-state index contributed by atoms with van der Waals surface area (Å²) in [5, 5.41) is 9.00. The maximum atomic E-state index is 12.5. The molecule has 1 N–H and O–H groups in total. The second kappa shape index (κ2) is 9.17. The van der Waals surface area contributed by atoms with Crippen molar-refractivity contribution in [1.82, 2.24) is 9.80 Å². The molecule has 6 nitrogen and oxygen atoms in total. The zero-order chi connectivity index (χ0) is 19.1. The van der Waals surface area contributed by atoms with E-state index in [1.807, 2.05) is 37.3 Å². The molecule has 0 aliphatic carbocycles. The minimum Gasteiger partial charge on any atom is -0.480 e. The largest absolute Gasteiger partial charge is 0.480 e. The van der Waals surface area contributed by atoms with Crippen LogP contribution in [0.4, 0.5) is 0 Å². The number of benzene rings is 1. The lowest BCUT2D eigenvalue weighted by atomic mass is 10.1. The van der Waals surface area contributed by atoms with E-state index in [-0.39, 0.29) is 24.4 Å². The van der Waals surface area contributed by atoms with Gasteiger partial charge >= 0.3 is 5.97 Å². The van der Waals surface area contributed by atoms with Crippen LogP contribution in [0.2, 0.25) is 0 Å². The Kier molecular flexibility index (Phi) is 6.95. The lowest BCUT2D eigenvalue weighted by Gasteiger charge is -2.28. The van der Waals surface area contributed by atoms with Gasteiger partial charge in [-0.25, -0.2) is 0 Å². The van der Waals surface area contributed by atoms with E-state index in [2.05, 4.69) is 0 Å². The molecule has 26 heavy (non-hydrogen) atoms. The van der Waals surface area contributed by atoms with Crippen LogP contribution in [0.15, 0.2) is 30.3 Å². The summed E-state index contributed by atoms with van der Waals surface area (Å²) in [4.78, 5) is 38.4. The number of rotatable bonds is 5. The average molecular weight is 358 g/mol. The number of carboxylic acids is 1. The van der Waals surface area contributed by atoms with E-state index in [9.17, 15) is 14.4 Å². The summed E-state index contributed by atoms with van der Waals surface area (Å²) in [6.45, 7) is 4.24. The Labute approximate surface area is 154 Å². The van der Waals surface area contributed by atoms with Gasteiger partial charge in [0.1, 0.15) is 6.54 Å². The molecule has 1 aromatic rings. The van der Waals surface area contributed by atoms with Crippen molar-refractivity contribution in [2.24, 2.45) is 0 Å². The van der Waals surface area contributed by atoms with Crippen LogP contribution in [-0.4, -0.2) is 58.4 Å². The summed E-state index contributed by atoms with van der Waals surface area (Å²) in [5.41, 5.74) is 2.12. The van der Waals surface area contributed by atoms with Crippen molar-refractivity contribution in [2.75, 3.05) is 19.6 Å². The molecule has 0 aromatic heterocycles.